The molecule has 0 radical (unpaired) electrons. The first-order chi connectivity index (χ1) is 10.8. The number of aromatic nitrogens is 2. The van der Waals surface area contributed by atoms with E-state index in [2.05, 4.69) is 15.6 Å². The van der Waals surface area contributed by atoms with Crippen LogP contribution in [0.1, 0.15) is 16.8 Å². The molecule has 23 heavy (non-hydrogen) atoms. The molecule has 0 saturated carbocycles. The fourth-order valence-electron chi connectivity index (χ4n) is 1.91. The Balaban J connectivity index is 2.36. The first-order valence-corrected chi connectivity index (χ1v) is 7.91. The normalized spacial score (nSPS) is 12.1. The molecule has 0 unspecified atom stereocenters. The van der Waals surface area contributed by atoms with Crippen LogP contribution in [0.2, 0.25) is 5.02 Å². The van der Waals surface area contributed by atoms with Gasteiger partial charge < -0.3 is 5.43 Å². The SMILES string of the molecule is CNN=Cc1c(C(F)(F)F)nn(C)c1SCc1ccccc1Cl. The fourth-order valence-corrected chi connectivity index (χ4v) is 3.27. The summed E-state index contributed by atoms with van der Waals surface area (Å²) in [6, 6.07) is 7.20. The lowest BCUT2D eigenvalue weighted by Gasteiger charge is -2.06. The van der Waals surface area contributed by atoms with Gasteiger partial charge in [0.2, 0.25) is 0 Å². The largest absolute Gasteiger partial charge is 0.435 e. The second kappa shape index (κ2) is 7.27. The second-order valence-electron chi connectivity index (χ2n) is 4.55. The van der Waals surface area contributed by atoms with Crippen LogP contribution in [0.5, 0.6) is 0 Å². The van der Waals surface area contributed by atoms with Crippen LogP contribution in [0.3, 0.4) is 0 Å². The molecule has 1 heterocycles. The molecule has 0 saturated heterocycles. The molecule has 124 valence electrons. The summed E-state index contributed by atoms with van der Waals surface area (Å²) >= 11 is 7.30. The van der Waals surface area contributed by atoms with E-state index in [0.717, 1.165) is 11.8 Å². The van der Waals surface area contributed by atoms with Crippen molar-refractivity contribution in [2.75, 3.05) is 7.05 Å². The van der Waals surface area contributed by atoms with Crippen molar-refractivity contribution in [3.8, 4) is 0 Å². The van der Waals surface area contributed by atoms with E-state index in [1.54, 1.807) is 12.1 Å². The van der Waals surface area contributed by atoms with Gasteiger partial charge in [-0.15, -0.1) is 11.8 Å². The van der Waals surface area contributed by atoms with Gasteiger partial charge in [0.25, 0.3) is 0 Å². The Hall–Kier alpha value is -1.67. The number of nitrogens with zero attached hydrogens (tertiary/aromatic N) is 3. The highest BCUT2D eigenvalue weighted by atomic mass is 35.5. The van der Waals surface area contributed by atoms with Crippen molar-refractivity contribution >= 4 is 29.6 Å². The summed E-state index contributed by atoms with van der Waals surface area (Å²) in [5.41, 5.74) is 2.27. The molecule has 0 atom stereocenters. The van der Waals surface area contributed by atoms with Crippen molar-refractivity contribution in [2.45, 2.75) is 17.0 Å². The third-order valence-electron chi connectivity index (χ3n) is 2.94. The van der Waals surface area contributed by atoms with Crippen molar-refractivity contribution in [3.63, 3.8) is 0 Å². The molecule has 0 amide bonds. The molecule has 0 fully saturated rings. The maximum absolute atomic E-state index is 13.1. The Morgan fingerprint density at radius 3 is 2.70 bits per heavy atom. The summed E-state index contributed by atoms with van der Waals surface area (Å²) in [6.07, 6.45) is -3.42. The minimum absolute atomic E-state index is 0.0635. The van der Waals surface area contributed by atoms with Gasteiger partial charge in [-0.05, 0) is 11.6 Å². The number of benzene rings is 1. The summed E-state index contributed by atoms with van der Waals surface area (Å²) in [5, 5.41) is 8.23. The Morgan fingerprint density at radius 1 is 1.39 bits per heavy atom. The Labute approximate surface area is 140 Å². The minimum atomic E-state index is -4.55. The highest BCUT2D eigenvalue weighted by molar-refractivity contribution is 7.98. The van der Waals surface area contributed by atoms with Crippen LogP contribution in [-0.2, 0) is 19.0 Å². The summed E-state index contributed by atoms with van der Waals surface area (Å²) in [7, 11) is 2.98. The molecular formula is C14H14ClF3N4S. The minimum Gasteiger partial charge on any atom is -0.313 e. The zero-order valence-electron chi connectivity index (χ0n) is 12.4. The average molecular weight is 363 g/mol. The number of thioether (sulfide) groups is 1. The molecule has 2 aromatic rings. The summed E-state index contributed by atoms with van der Waals surface area (Å²) in [5.74, 6) is 0.427. The maximum atomic E-state index is 13.1. The highest BCUT2D eigenvalue weighted by Gasteiger charge is 2.38. The van der Waals surface area contributed by atoms with E-state index in [9.17, 15) is 13.2 Å². The van der Waals surface area contributed by atoms with Gasteiger partial charge in [0.05, 0.1) is 11.8 Å². The van der Waals surface area contributed by atoms with E-state index in [1.165, 1.54) is 30.5 Å². The number of rotatable bonds is 5. The van der Waals surface area contributed by atoms with E-state index >= 15 is 0 Å². The fraction of sp³-hybridized carbons (Fsp3) is 0.286. The number of hydrogen-bond donors (Lipinski definition) is 1. The van der Waals surface area contributed by atoms with E-state index in [4.69, 9.17) is 11.6 Å². The van der Waals surface area contributed by atoms with Crippen molar-refractivity contribution in [2.24, 2.45) is 12.1 Å². The first kappa shape index (κ1) is 17.7. The van der Waals surface area contributed by atoms with Crippen LogP contribution in [0.25, 0.3) is 0 Å². The zero-order valence-corrected chi connectivity index (χ0v) is 13.9. The second-order valence-corrected chi connectivity index (χ2v) is 5.92. The van der Waals surface area contributed by atoms with Gasteiger partial charge in [-0.2, -0.15) is 23.4 Å². The standard InChI is InChI=1S/C14H14ClF3N4S/c1-19-20-7-10-12(14(16,17)18)21-22(2)13(10)23-8-9-5-3-4-6-11(9)15/h3-7,19H,8H2,1-2H3. The summed E-state index contributed by atoms with van der Waals surface area (Å²) < 4.78 is 40.5. The molecule has 1 N–H and O–H groups in total. The van der Waals surface area contributed by atoms with E-state index in [1.807, 2.05) is 12.1 Å². The van der Waals surface area contributed by atoms with Crippen molar-refractivity contribution in [3.05, 3.63) is 46.1 Å². The molecule has 2 rings (SSSR count). The predicted octanol–water partition coefficient (Wildman–Crippen LogP) is 3.94. The van der Waals surface area contributed by atoms with Crippen molar-refractivity contribution in [1.29, 1.82) is 0 Å². The van der Waals surface area contributed by atoms with Gasteiger partial charge in [0.15, 0.2) is 5.69 Å². The lowest BCUT2D eigenvalue weighted by atomic mass is 10.2. The number of aryl methyl sites for hydroxylation is 1. The smallest absolute Gasteiger partial charge is 0.313 e. The summed E-state index contributed by atoms with van der Waals surface area (Å²) in [4.78, 5) is 0. The van der Waals surface area contributed by atoms with E-state index in [0.29, 0.717) is 15.8 Å². The molecule has 0 aliphatic heterocycles. The predicted molar refractivity (Wildman–Crippen MR) is 85.9 cm³/mol. The van der Waals surface area contributed by atoms with Gasteiger partial charge in [0.1, 0.15) is 5.03 Å². The van der Waals surface area contributed by atoms with Crippen LogP contribution >= 0.6 is 23.4 Å². The van der Waals surface area contributed by atoms with Crippen LogP contribution in [0.15, 0.2) is 34.4 Å². The quantitative estimate of drug-likeness (QED) is 0.497. The Kier molecular flexibility index (Phi) is 5.59. The van der Waals surface area contributed by atoms with E-state index in [-0.39, 0.29) is 5.56 Å². The third kappa shape index (κ3) is 4.20. The third-order valence-corrected chi connectivity index (χ3v) is 4.52. The Bertz CT molecular complexity index is 713. The van der Waals surface area contributed by atoms with Gasteiger partial charge in [-0.1, -0.05) is 29.8 Å². The van der Waals surface area contributed by atoms with E-state index < -0.39 is 11.9 Å². The van der Waals surface area contributed by atoms with Crippen LogP contribution in [-0.4, -0.2) is 23.0 Å². The molecule has 0 aliphatic rings. The molecule has 1 aromatic heterocycles. The van der Waals surface area contributed by atoms with Crippen LogP contribution < -0.4 is 5.43 Å². The molecule has 0 spiro atoms. The van der Waals surface area contributed by atoms with Gasteiger partial charge >= 0.3 is 6.18 Å². The summed E-state index contributed by atoms with van der Waals surface area (Å²) in [6.45, 7) is 0. The monoisotopic (exact) mass is 362 g/mol. The zero-order chi connectivity index (χ0) is 17.0. The molecule has 1 aromatic carbocycles. The molecule has 4 nitrogen and oxygen atoms in total. The van der Waals surface area contributed by atoms with Gasteiger partial charge in [0, 0.05) is 24.9 Å². The molecule has 0 aliphatic carbocycles. The maximum Gasteiger partial charge on any atom is 0.435 e. The number of alkyl halides is 3. The van der Waals surface area contributed by atoms with Crippen LogP contribution in [0, 0.1) is 0 Å². The van der Waals surface area contributed by atoms with Crippen molar-refractivity contribution < 1.29 is 13.2 Å². The van der Waals surface area contributed by atoms with Gasteiger partial charge in [-0.3, -0.25) is 4.68 Å². The van der Waals surface area contributed by atoms with Crippen LogP contribution in [0.4, 0.5) is 13.2 Å². The highest BCUT2D eigenvalue weighted by Crippen LogP contribution is 2.36. The topological polar surface area (TPSA) is 42.2 Å². The molecule has 0 bridgehead atoms. The first-order valence-electron chi connectivity index (χ1n) is 6.54. The average Bonchev–Trinajstić information content (AvgIpc) is 2.80. The number of hydrogen-bond acceptors (Lipinski definition) is 4. The molecule has 9 heteroatoms. The van der Waals surface area contributed by atoms with Crippen molar-refractivity contribution in [1.82, 2.24) is 15.2 Å². The lowest BCUT2D eigenvalue weighted by Crippen LogP contribution is -2.10. The number of halogens is 4. The Morgan fingerprint density at radius 2 is 2.09 bits per heavy atom. The molecular weight excluding hydrogens is 349 g/mol. The number of nitrogens with one attached hydrogen (secondary N) is 1. The number of hydrazone groups is 1. The van der Waals surface area contributed by atoms with Gasteiger partial charge in [-0.25, -0.2) is 0 Å². The lowest BCUT2D eigenvalue weighted by molar-refractivity contribution is -0.141.